The average Bonchev–Trinajstić information content (AvgIpc) is 2.98. The van der Waals surface area contributed by atoms with E-state index in [9.17, 15) is 24.0 Å². The molecule has 12 heteroatoms. The number of amides is 5. The number of carbonyl (C=O) groups is 5. The van der Waals surface area contributed by atoms with Gasteiger partial charge in [-0.15, -0.1) is 0 Å². The van der Waals surface area contributed by atoms with Crippen molar-refractivity contribution in [2.24, 2.45) is 11.7 Å². The molecule has 0 radical (unpaired) electrons. The molecule has 0 saturated carbocycles. The van der Waals surface area contributed by atoms with Crippen LogP contribution in [-0.4, -0.2) is 63.1 Å². The van der Waals surface area contributed by atoms with Crippen LogP contribution in [0, 0.1) is 5.92 Å². The molecule has 45 heavy (non-hydrogen) atoms. The van der Waals surface area contributed by atoms with Crippen molar-refractivity contribution in [1.82, 2.24) is 21.3 Å². The molecule has 2 aromatic rings. The van der Waals surface area contributed by atoms with Crippen LogP contribution in [0.4, 0.5) is 4.11 Å². The van der Waals surface area contributed by atoms with Crippen molar-refractivity contribution < 1.29 is 28.1 Å². The highest BCUT2D eigenvalue weighted by molar-refractivity contribution is 6.88. The van der Waals surface area contributed by atoms with Gasteiger partial charge in [-0.1, -0.05) is 96.1 Å². The van der Waals surface area contributed by atoms with Gasteiger partial charge in [0.15, 0.2) is 0 Å². The third-order valence-electron chi connectivity index (χ3n) is 7.73. The number of rotatable bonds is 17. The number of nitrogens with two attached hydrogens (primary N) is 1. The van der Waals surface area contributed by atoms with Crippen molar-refractivity contribution in [2.75, 3.05) is 13.1 Å². The first-order chi connectivity index (χ1) is 21.1. The highest BCUT2D eigenvalue weighted by Crippen LogP contribution is 2.33. The lowest BCUT2D eigenvalue weighted by atomic mass is 10.0. The smallest absolute Gasteiger partial charge is 0.282 e. The molecule has 0 saturated heterocycles. The molecule has 0 unspecified atom stereocenters. The van der Waals surface area contributed by atoms with E-state index in [1.165, 1.54) is 0 Å². The number of primary amides is 1. The van der Waals surface area contributed by atoms with E-state index in [4.69, 9.17) is 5.73 Å². The summed E-state index contributed by atoms with van der Waals surface area (Å²) in [6, 6.07) is 14.4. The van der Waals surface area contributed by atoms with Crippen LogP contribution < -0.4 is 32.2 Å². The fraction of sp³-hybridized carbons (Fsp3) is 0.485. The van der Waals surface area contributed by atoms with Crippen molar-refractivity contribution in [3.05, 3.63) is 65.7 Å². The summed E-state index contributed by atoms with van der Waals surface area (Å²) < 4.78 is 15.9. The molecule has 2 aromatic carbocycles. The van der Waals surface area contributed by atoms with Crippen LogP contribution in [0.15, 0.2) is 54.6 Å². The van der Waals surface area contributed by atoms with E-state index >= 15 is 4.11 Å². The Morgan fingerprint density at radius 3 is 1.89 bits per heavy atom. The monoisotopic (exact) mass is 641 g/mol. The normalized spacial score (nSPS) is 12.8. The molecule has 0 bridgehead atoms. The zero-order valence-corrected chi connectivity index (χ0v) is 28.1. The Balaban J connectivity index is 1.94. The second-order valence-electron chi connectivity index (χ2n) is 12.3. The molecule has 0 aromatic heterocycles. The zero-order valence-electron chi connectivity index (χ0n) is 27.1. The van der Waals surface area contributed by atoms with Crippen LogP contribution in [0.2, 0.25) is 11.1 Å². The van der Waals surface area contributed by atoms with Crippen molar-refractivity contribution in [1.29, 1.82) is 0 Å². The van der Waals surface area contributed by atoms with Crippen molar-refractivity contribution >= 4 is 43.1 Å². The summed E-state index contributed by atoms with van der Waals surface area (Å²) >= 11 is 0. The summed E-state index contributed by atoms with van der Waals surface area (Å²) in [6.07, 6.45) is 0.112. The highest BCUT2D eigenvalue weighted by Gasteiger charge is 2.43. The topological polar surface area (TPSA) is 159 Å². The van der Waals surface area contributed by atoms with E-state index in [0.717, 1.165) is 5.56 Å². The summed E-state index contributed by atoms with van der Waals surface area (Å²) in [5.41, 5.74) is 6.49. The minimum Gasteiger partial charge on any atom is -0.368 e. The van der Waals surface area contributed by atoms with Crippen molar-refractivity contribution in [3.63, 3.8) is 0 Å². The summed E-state index contributed by atoms with van der Waals surface area (Å²) in [7, 11) is -3.18. The van der Waals surface area contributed by atoms with E-state index in [-0.39, 0.29) is 55.3 Å². The highest BCUT2D eigenvalue weighted by atomic mass is 28.4. The molecule has 10 nitrogen and oxygen atoms in total. The molecule has 0 aliphatic heterocycles. The van der Waals surface area contributed by atoms with Gasteiger partial charge in [-0.25, -0.2) is 0 Å². The summed E-state index contributed by atoms with van der Waals surface area (Å²) in [6.45, 7) is 10.9. The first-order valence-corrected chi connectivity index (χ1v) is 17.4. The maximum absolute atomic E-state index is 15.9. The van der Waals surface area contributed by atoms with Gasteiger partial charge in [0.25, 0.3) is 8.41 Å². The molecule has 0 fully saturated rings. The molecule has 6 N–H and O–H groups in total. The minimum absolute atomic E-state index is 0.0211. The molecular formula is C33H48FN5O5Si. The van der Waals surface area contributed by atoms with Gasteiger partial charge < -0.3 is 31.1 Å². The van der Waals surface area contributed by atoms with E-state index in [2.05, 4.69) is 21.3 Å². The predicted octanol–water partition coefficient (Wildman–Crippen LogP) is 2.15. The van der Waals surface area contributed by atoms with Gasteiger partial charge in [-0.05, 0) is 33.3 Å². The molecule has 0 heterocycles. The van der Waals surface area contributed by atoms with Gasteiger partial charge in [0.05, 0.1) is 13.0 Å². The van der Waals surface area contributed by atoms with Gasteiger partial charge in [0, 0.05) is 19.4 Å². The van der Waals surface area contributed by atoms with Gasteiger partial charge in [0.1, 0.15) is 12.1 Å². The molecule has 0 aliphatic rings. The number of nitrogens with one attached hydrogen (secondary N) is 4. The van der Waals surface area contributed by atoms with Crippen molar-refractivity contribution in [2.45, 2.75) is 84.0 Å². The third kappa shape index (κ3) is 11.4. The number of hydrogen-bond donors (Lipinski definition) is 5. The Morgan fingerprint density at radius 2 is 1.36 bits per heavy atom. The summed E-state index contributed by atoms with van der Waals surface area (Å²) in [5.74, 6) is -2.77. The number of halogens is 1. The zero-order chi connectivity index (χ0) is 33.7. The lowest BCUT2D eigenvalue weighted by molar-refractivity contribution is -0.131. The third-order valence-corrected chi connectivity index (χ3v) is 12.3. The van der Waals surface area contributed by atoms with E-state index in [0.29, 0.717) is 10.8 Å². The Labute approximate surface area is 266 Å². The van der Waals surface area contributed by atoms with Crippen LogP contribution in [0.1, 0.15) is 59.1 Å². The quantitative estimate of drug-likeness (QED) is 0.132. The summed E-state index contributed by atoms with van der Waals surface area (Å²) in [4.78, 5) is 62.2. The molecular weight excluding hydrogens is 593 g/mol. The maximum atomic E-state index is 15.9. The standard InChI is InChI=1S/C33H48FN5O5Si/c1-21(2)31(39-30(42)19-25-12-14-26(15-13-25)45(34,22(3)4)23(5)6)33(44)36-17-16-29(41)38-27(32(43)37-20-28(35)40)18-24-10-8-7-9-11-24/h7-15,21-23,27,31H,16-20H2,1-6H3,(H2,35,40)(H,36,44)(H,37,43)(H,38,41)(H,39,42)/t27-,31-/m0/s1. The first kappa shape index (κ1) is 37.1. The minimum atomic E-state index is -3.18. The fourth-order valence-electron chi connectivity index (χ4n) is 5.19. The second kappa shape index (κ2) is 17.4. The average molecular weight is 642 g/mol. The lowest BCUT2D eigenvalue weighted by Crippen LogP contribution is -2.51. The summed E-state index contributed by atoms with van der Waals surface area (Å²) in [5, 5.41) is 11.2. The van der Waals surface area contributed by atoms with E-state index < -0.39 is 44.1 Å². The molecule has 0 spiro atoms. The Hall–Kier alpha value is -4.06. The fourth-order valence-corrected chi connectivity index (χ4v) is 8.53. The molecule has 0 aliphatic carbocycles. The largest absolute Gasteiger partial charge is 0.368 e. The Morgan fingerprint density at radius 1 is 0.756 bits per heavy atom. The lowest BCUT2D eigenvalue weighted by Gasteiger charge is -2.30. The predicted molar refractivity (Wildman–Crippen MR) is 176 cm³/mol. The number of hydrogen-bond acceptors (Lipinski definition) is 5. The molecule has 5 amide bonds. The first-order valence-electron chi connectivity index (χ1n) is 15.4. The maximum Gasteiger partial charge on any atom is 0.282 e. The van der Waals surface area contributed by atoms with E-state index in [1.54, 1.807) is 38.1 Å². The molecule has 2 rings (SSSR count). The second-order valence-corrected chi connectivity index (χ2v) is 16.7. The van der Waals surface area contributed by atoms with Crippen LogP contribution in [0.3, 0.4) is 0 Å². The van der Waals surface area contributed by atoms with Gasteiger partial charge in [-0.2, -0.15) is 0 Å². The van der Waals surface area contributed by atoms with Crippen LogP contribution >= 0.6 is 0 Å². The van der Waals surface area contributed by atoms with Gasteiger partial charge in [0.2, 0.25) is 29.5 Å². The van der Waals surface area contributed by atoms with E-state index in [1.807, 2.05) is 58.0 Å². The van der Waals surface area contributed by atoms with Crippen LogP contribution in [-0.2, 0) is 36.8 Å². The van der Waals surface area contributed by atoms with Crippen LogP contribution in [0.5, 0.6) is 0 Å². The van der Waals surface area contributed by atoms with Gasteiger partial charge in [-0.3, -0.25) is 24.0 Å². The number of benzene rings is 2. The van der Waals surface area contributed by atoms with Gasteiger partial charge >= 0.3 is 0 Å². The molecule has 246 valence electrons. The SMILES string of the molecule is CC(C)[C@H](NC(=O)Cc1ccc([Si](F)(C(C)C)C(C)C)cc1)C(=O)NCCC(=O)N[C@@H](Cc1ccccc1)C(=O)NCC(N)=O. The Kier molecular flexibility index (Phi) is 14.4. The molecule has 2 atom stereocenters. The van der Waals surface area contributed by atoms with Crippen LogP contribution in [0.25, 0.3) is 0 Å². The Bertz CT molecular complexity index is 1300. The van der Waals surface area contributed by atoms with Crippen molar-refractivity contribution in [3.8, 4) is 0 Å². The number of carbonyl (C=O) groups excluding carboxylic acids is 5.